The predicted molar refractivity (Wildman–Crippen MR) is 129 cm³/mol. The van der Waals surface area contributed by atoms with Crippen molar-refractivity contribution in [2.45, 2.75) is 13.8 Å². The molecule has 35 heavy (non-hydrogen) atoms. The Bertz CT molecular complexity index is 1440. The maximum atomic E-state index is 13.1. The highest BCUT2D eigenvalue weighted by Gasteiger charge is 2.18. The van der Waals surface area contributed by atoms with Gasteiger partial charge in [-0.3, -0.25) is 4.79 Å². The molecule has 8 nitrogen and oxygen atoms in total. The standard InChI is InChI=1S/C27H24O8/c1-5-32-21-8-6-7-9-22(21)35-26-16(2)33-23-15-18(11-12-19(23)25(26)28)34-27(29)17-10-13-20(30-3)24(14-17)31-4/h6-15H,5H2,1-4H3. The van der Waals surface area contributed by atoms with Crippen LogP contribution in [-0.2, 0) is 0 Å². The fourth-order valence-electron chi connectivity index (χ4n) is 3.50. The van der Waals surface area contributed by atoms with Crippen LogP contribution in [0.15, 0.2) is 69.9 Å². The summed E-state index contributed by atoms with van der Waals surface area (Å²) in [5.74, 6) is 1.77. The third-order valence-electron chi connectivity index (χ3n) is 5.18. The van der Waals surface area contributed by atoms with Gasteiger partial charge in [-0.15, -0.1) is 0 Å². The van der Waals surface area contributed by atoms with Crippen LogP contribution in [0.1, 0.15) is 23.0 Å². The van der Waals surface area contributed by atoms with E-state index in [-0.39, 0.29) is 39.2 Å². The van der Waals surface area contributed by atoms with Gasteiger partial charge in [0.1, 0.15) is 17.1 Å². The molecule has 180 valence electrons. The molecule has 0 fully saturated rings. The molecule has 4 aromatic rings. The van der Waals surface area contributed by atoms with Gasteiger partial charge < -0.3 is 28.1 Å². The van der Waals surface area contributed by atoms with E-state index in [0.717, 1.165) is 0 Å². The van der Waals surface area contributed by atoms with Gasteiger partial charge in [0.15, 0.2) is 23.0 Å². The van der Waals surface area contributed by atoms with Gasteiger partial charge in [0.2, 0.25) is 11.2 Å². The number of carbonyl (C=O) groups is 1. The molecule has 0 saturated carbocycles. The Hall–Kier alpha value is -4.46. The molecule has 0 radical (unpaired) electrons. The van der Waals surface area contributed by atoms with Crippen LogP contribution in [0.4, 0.5) is 0 Å². The third kappa shape index (κ3) is 4.91. The second-order valence-corrected chi connectivity index (χ2v) is 7.42. The van der Waals surface area contributed by atoms with Gasteiger partial charge in [-0.2, -0.15) is 0 Å². The normalized spacial score (nSPS) is 10.6. The zero-order valence-electron chi connectivity index (χ0n) is 19.7. The van der Waals surface area contributed by atoms with Crippen molar-refractivity contribution in [3.8, 4) is 34.5 Å². The number of fused-ring (bicyclic) bond motifs is 1. The smallest absolute Gasteiger partial charge is 0.343 e. The molecule has 1 heterocycles. The molecule has 1 aromatic heterocycles. The van der Waals surface area contributed by atoms with Crippen molar-refractivity contribution in [1.29, 1.82) is 0 Å². The molecule has 0 atom stereocenters. The number of benzene rings is 3. The molecule has 8 heteroatoms. The zero-order chi connectivity index (χ0) is 24.9. The lowest BCUT2D eigenvalue weighted by Gasteiger charge is -2.13. The summed E-state index contributed by atoms with van der Waals surface area (Å²) in [6.45, 7) is 3.94. The van der Waals surface area contributed by atoms with E-state index in [2.05, 4.69) is 0 Å². The molecule has 0 aliphatic heterocycles. The number of rotatable bonds is 8. The summed E-state index contributed by atoms with van der Waals surface area (Å²) in [5, 5.41) is 0.283. The highest BCUT2D eigenvalue weighted by Crippen LogP contribution is 2.33. The largest absolute Gasteiger partial charge is 0.493 e. The minimum atomic E-state index is -0.600. The van der Waals surface area contributed by atoms with Crippen molar-refractivity contribution in [2.24, 2.45) is 0 Å². The van der Waals surface area contributed by atoms with E-state index in [4.69, 9.17) is 28.1 Å². The summed E-state index contributed by atoms with van der Waals surface area (Å²) in [7, 11) is 2.99. The van der Waals surface area contributed by atoms with Crippen molar-refractivity contribution in [3.05, 3.63) is 82.2 Å². The van der Waals surface area contributed by atoms with E-state index in [1.54, 1.807) is 37.3 Å². The lowest BCUT2D eigenvalue weighted by atomic mass is 10.2. The lowest BCUT2D eigenvalue weighted by Crippen LogP contribution is -2.10. The number of para-hydroxylation sites is 2. The summed E-state index contributed by atoms with van der Waals surface area (Å²) in [6.07, 6.45) is 0. The first-order valence-electron chi connectivity index (χ1n) is 10.9. The van der Waals surface area contributed by atoms with Crippen molar-refractivity contribution in [1.82, 2.24) is 0 Å². The number of aryl methyl sites for hydroxylation is 1. The van der Waals surface area contributed by atoms with Gasteiger partial charge in [-0.1, -0.05) is 12.1 Å². The van der Waals surface area contributed by atoms with Gasteiger partial charge >= 0.3 is 5.97 Å². The number of carbonyl (C=O) groups excluding carboxylic acids is 1. The first kappa shape index (κ1) is 23.7. The number of methoxy groups -OCH3 is 2. The van der Waals surface area contributed by atoms with Gasteiger partial charge in [0.05, 0.1) is 31.8 Å². The fourth-order valence-corrected chi connectivity index (χ4v) is 3.50. The average Bonchev–Trinajstić information content (AvgIpc) is 2.87. The van der Waals surface area contributed by atoms with E-state index < -0.39 is 5.97 Å². The molecule has 3 aromatic carbocycles. The Labute approximate surface area is 201 Å². The van der Waals surface area contributed by atoms with E-state index in [0.29, 0.717) is 29.6 Å². The fraction of sp³-hybridized carbons (Fsp3) is 0.185. The van der Waals surface area contributed by atoms with Crippen LogP contribution in [0.2, 0.25) is 0 Å². The van der Waals surface area contributed by atoms with E-state index in [1.807, 2.05) is 13.0 Å². The minimum Gasteiger partial charge on any atom is -0.493 e. The first-order chi connectivity index (χ1) is 16.9. The highest BCUT2D eigenvalue weighted by molar-refractivity contribution is 5.92. The predicted octanol–water partition coefficient (Wildman–Crippen LogP) is 5.53. The first-order valence-corrected chi connectivity index (χ1v) is 10.9. The summed E-state index contributed by atoms with van der Waals surface area (Å²) >= 11 is 0. The van der Waals surface area contributed by atoms with Gasteiger partial charge in [-0.05, 0) is 56.3 Å². The summed E-state index contributed by atoms with van der Waals surface area (Å²) in [6, 6.07) is 16.3. The van der Waals surface area contributed by atoms with Crippen LogP contribution in [0.5, 0.6) is 34.5 Å². The molecule has 0 saturated heterocycles. The Balaban J connectivity index is 1.62. The van der Waals surface area contributed by atoms with Crippen molar-refractivity contribution < 1.29 is 32.9 Å². The second-order valence-electron chi connectivity index (χ2n) is 7.42. The van der Waals surface area contributed by atoms with Crippen LogP contribution in [0.3, 0.4) is 0 Å². The van der Waals surface area contributed by atoms with Gasteiger partial charge in [-0.25, -0.2) is 4.79 Å². The van der Waals surface area contributed by atoms with Crippen molar-refractivity contribution in [2.75, 3.05) is 20.8 Å². The van der Waals surface area contributed by atoms with Crippen LogP contribution < -0.4 is 29.1 Å². The molecule has 0 spiro atoms. The molecule has 4 rings (SSSR count). The maximum absolute atomic E-state index is 13.1. The molecular weight excluding hydrogens is 452 g/mol. The monoisotopic (exact) mass is 476 g/mol. The van der Waals surface area contributed by atoms with E-state index >= 15 is 0 Å². The van der Waals surface area contributed by atoms with Gasteiger partial charge in [0, 0.05) is 6.07 Å². The Kier molecular flexibility index (Phi) is 6.91. The number of ether oxygens (including phenoxy) is 5. The average molecular weight is 476 g/mol. The zero-order valence-corrected chi connectivity index (χ0v) is 19.7. The van der Waals surface area contributed by atoms with Crippen molar-refractivity contribution in [3.63, 3.8) is 0 Å². The molecule has 0 bridgehead atoms. The Morgan fingerprint density at radius 1 is 0.886 bits per heavy atom. The number of hydrogen-bond acceptors (Lipinski definition) is 8. The Morgan fingerprint density at radius 2 is 1.63 bits per heavy atom. The topological polar surface area (TPSA) is 93.4 Å². The molecule has 0 aliphatic rings. The number of hydrogen-bond donors (Lipinski definition) is 0. The minimum absolute atomic E-state index is 0.0553. The summed E-state index contributed by atoms with van der Waals surface area (Å²) in [4.78, 5) is 25.8. The van der Waals surface area contributed by atoms with E-state index in [1.165, 1.54) is 38.5 Å². The summed E-state index contributed by atoms with van der Waals surface area (Å²) < 4.78 is 33.2. The molecule has 0 N–H and O–H groups in total. The summed E-state index contributed by atoms with van der Waals surface area (Å²) in [5.41, 5.74) is 0.181. The molecule has 0 unspecified atom stereocenters. The van der Waals surface area contributed by atoms with Crippen LogP contribution in [-0.4, -0.2) is 26.8 Å². The van der Waals surface area contributed by atoms with Gasteiger partial charge in [0.25, 0.3) is 0 Å². The highest BCUT2D eigenvalue weighted by atomic mass is 16.5. The molecule has 0 amide bonds. The quantitative estimate of drug-likeness (QED) is 0.242. The lowest BCUT2D eigenvalue weighted by molar-refractivity contribution is 0.0734. The van der Waals surface area contributed by atoms with Crippen LogP contribution in [0, 0.1) is 6.92 Å². The maximum Gasteiger partial charge on any atom is 0.343 e. The third-order valence-corrected chi connectivity index (χ3v) is 5.18. The molecule has 0 aliphatic carbocycles. The van der Waals surface area contributed by atoms with Crippen LogP contribution >= 0.6 is 0 Å². The number of esters is 1. The SMILES string of the molecule is CCOc1ccccc1Oc1c(C)oc2cc(OC(=O)c3ccc(OC)c(OC)c3)ccc2c1=O. The van der Waals surface area contributed by atoms with Crippen molar-refractivity contribution >= 4 is 16.9 Å². The van der Waals surface area contributed by atoms with Crippen LogP contribution in [0.25, 0.3) is 11.0 Å². The molecular formula is C27H24O8. The second kappa shape index (κ2) is 10.2. The van der Waals surface area contributed by atoms with E-state index in [9.17, 15) is 9.59 Å². The Morgan fingerprint density at radius 3 is 2.34 bits per heavy atom.